The number of rotatable bonds is 2. The second kappa shape index (κ2) is 6.91. The van der Waals surface area contributed by atoms with Crippen molar-refractivity contribution in [2.24, 2.45) is 0 Å². The summed E-state index contributed by atoms with van der Waals surface area (Å²) < 4.78 is 8.67. The van der Waals surface area contributed by atoms with E-state index in [1.807, 2.05) is 12.1 Å². The molecule has 0 saturated heterocycles. The summed E-state index contributed by atoms with van der Waals surface area (Å²) in [6, 6.07) is 32.4. The van der Waals surface area contributed by atoms with Crippen LogP contribution in [0.15, 0.2) is 95.4 Å². The molecule has 0 spiro atoms. The minimum Gasteiger partial charge on any atom is -0.438 e. The highest BCUT2D eigenvalue weighted by Gasteiger charge is 2.37. The summed E-state index contributed by atoms with van der Waals surface area (Å²) >= 11 is 0. The molecule has 7 rings (SSSR count). The number of hydrogen-bond donors (Lipinski definition) is 0. The molecule has 0 saturated carbocycles. The smallest absolute Gasteiger partial charge is 0.222 e. The van der Waals surface area contributed by atoms with Crippen LogP contribution < -0.4 is 9.80 Å². The topological polar surface area (TPSA) is 24.6 Å². The van der Waals surface area contributed by atoms with Crippen LogP contribution in [0.1, 0.15) is 12.5 Å². The molecule has 0 aliphatic carbocycles. The first-order valence-electron chi connectivity index (χ1n) is 11.8. The fourth-order valence-corrected chi connectivity index (χ4v) is 5.57. The number of fused-ring (bicyclic) bond motifs is 6. The minimum atomic E-state index is 0.143. The van der Waals surface area contributed by atoms with E-state index >= 15 is 0 Å². The summed E-state index contributed by atoms with van der Waals surface area (Å²) in [5.74, 6) is 0.928. The van der Waals surface area contributed by atoms with E-state index in [-0.39, 0.29) is 6.17 Å². The van der Waals surface area contributed by atoms with Gasteiger partial charge in [0.25, 0.3) is 0 Å². The lowest BCUT2D eigenvalue weighted by atomic mass is 10.1. The predicted molar refractivity (Wildman–Crippen MR) is 142 cm³/mol. The van der Waals surface area contributed by atoms with Crippen molar-refractivity contribution in [2.75, 3.05) is 16.8 Å². The van der Waals surface area contributed by atoms with E-state index in [4.69, 9.17) is 4.42 Å². The lowest BCUT2D eigenvalue weighted by Crippen LogP contribution is -2.36. The Kier molecular flexibility index (Phi) is 3.92. The van der Waals surface area contributed by atoms with Crippen molar-refractivity contribution >= 4 is 50.0 Å². The zero-order valence-electron chi connectivity index (χ0n) is 19.5. The molecule has 1 atom stereocenters. The van der Waals surface area contributed by atoms with Crippen LogP contribution in [0.5, 0.6) is 0 Å². The average Bonchev–Trinajstić information content (AvgIpc) is 3.47. The van der Waals surface area contributed by atoms with Gasteiger partial charge in [-0.1, -0.05) is 48.5 Å². The van der Waals surface area contributed by atoms with Crippen LogP contribution >= 0.6 is 0 Å². The highest BCUT2D eigenvalue weighted by Crippen LogP contribution is 2.51. The Hall–Kier alpha value is -4.18. The molecule has 0 bridgehead atoms. The van der Waals surface area contributed by atoms with Crippen LogP contribution in [-0.4, -0.2) is 17.8 Å². The van der Waals surface area contributed by atoms with Gasteiger partial charge >= 0.3 is 0 Å². The Morgan fingerprint density at radius 1 is 0.735 bits per heavy atom. The monoisotopic (exact) mass is 443 g/mol. The summed E-state index contributed by atoms with van der Waals surface area (Å²) in [6.07, 6.45) is 0.143. The normalized spacial score (nSPS) is 15.7. The zero-order valence-corrected chi connectivity index (χ0v) is 19.5. The molecule has 4 nitrogen and oxygen atoms in total. The third-order valence-corrected chi connectivity index (χ3v) is 7.31. The SMILES string of the molecule is Cc1cc2c3ccccc3n(-c3ccccc3)c2cc1N1c2c(oc3ccccc23)N(C)[C@@H]1C. The van der Waals surface area contributed by atoms with Gasteiger partial charge in [-0.25, -0.2) is 0 Å². The quantitative estimate of drug-likeness (QED) is 0.273. The molecular formula is C30H25N3O. The highest BCUT2D eigenvalue weighted by molar-refractivity contribution is 6.11. The second-order valence-corrected chi connectivity index (χ2v) is 9.21. The molecule has 34 heavy (non-hydrogen) atoms. The zero-order chi connectivity index (χ0) is 23.0. The van der Waals surface area contributed by atoms with Crippen molar-refractivity contribution in [1.29, 1.82) is 0 Å². The molecule has 1 aliphatic rings. The summed E-state index contributed by atoms with van der Waals surface area (Å²) in [5, 5.41) is 3.70. The average molecular weight is 444 g/mol. The lowest BCUT2D eigenvalue weighted by Gasteiger charge is -2.29. The summed E-state index contributed by atoms with van der Waals surface area (Å²) in [6.45, 7) is 4.46. The van der Waals surface area contributed by atoms with Gasteiger partial charge in [-0.15, -0.1) is 0 Å². The van der Waals surface area contributed by atoms with E-state index in [1.54, 1.807) is 0 Å². The van der Waals surface area contributed by atoms with Gasteiger partial charge in [-0.2, -0.15) is 0 Å². The molecule has 0 unspecified atom stereocenters. The molecule has 0 amide bonds. The van der Waals surface area contributed by atoms with Gasteiger partial charge < -0.3 is 18.8 Å². The van der Waals surface area contributed by atoms with Gasteiger partial charge in [-0.05, 0) is 61.9 Å². The van der Waals surface area contributed by atoms with E-state index in [0.29, 0.717) is 0 Å². The van der Waals surface area contributed by atoms with E-state index in [9.17, 15) is 0 Å². The molecule has 0 radical (unpaired) electrons. The highest BCUT2D eigenvalue weighted by atomic mass is 16.4. The van der Waals surface area contributed by atoms with Crippen LogP contribution in [0.4, 0.5) is 17.3 Å². The molecule has 1 aliphatic heterocycles. The van der Waals surface area contributed by atoms with Crippen molar-refractivity contribution in [3.05, 3.63) is 96.6 Å². The van der Waals surface area contributed by atoms with Crippen molar-refractivity contribution in [3.63, 3.8) is 0 Å². The number of hydrogen-bond acceptors (Lipinski definition) is 3. The number of benzene rings is 4. The van der Waals surface area contributed by atoms with Crippen molar-refractivity contribution in [2.45, 2.75) is 20.0 Å². The first kappa shape index (κ1) is 19.3. The van der Waals surface area contributed by atoms with Crippen molar-refractivity contribution in [3.8, 4) is 5.69 Å². The van der Waals surface area contributed by atoms with E-state index in [2.05, 4.69) is 114 Å². The van der Waals surface area contributed by atoms with Gasteiger partial charge in [0, 0.05) is 34.6 Å². The Bertz CT molecular complexity index is 1710. The fraction of sp³-hybridized carbons (Fsp3) is 0.133. The summed E-state index contributed by atoms with van der Waals surface area (Å²) in [7, 11) is 2.11. The summed E-state index contributed by atoms with van der Waals surface area (Å²) in [4.78, 5) is 4.66. The van der Waals surface area contributed by atoms with Gasteiger partial charge in [0.15, 0.2) is 0 Å². The van der Waals surface area contributed by atoms with Crippen LogP contribution in [0.3, 0.4) is 0 Å². The van der Waals surface area contributed by atoms with Crippen molar-refractivity contribution in [1.82, 2.24) is 4.57 Å². The van der Waals surface area contributed by atoms with E-state index in [0.717, 1.165) is 22.5 Å². The van der Waals surface area contributed by atoms with Gasteiger partial charge in [-0.3, -0.25) is 0 Å². The number of aromatic nitrogens is 1. The van der Waals surface area contributed by atoms with E-state index in [1.165, 1.54) is 38.7 Å². The standard InChI is InChI=1S/C30H25N3O/c1-19-17-24-22-13-7-9-15-25(22)33(21-11-5-4-6-12-21)27(24)18-26(19)32-20(2)31(3)30-29(32)23-14-8-10-16-28(23)34-30/h4-18,20H,1-3H3/t20-/m0/s1. The van der Waals surface area contributed by atoms with Crippen LogP contribution in [-0.2, 0) is 0 Å². The molecule has 166 valence electrons. The first-order valence-corrected chi connectivity index (χ1v) is 11.8. The van der Waals surface area contributed by atoms with Crippen molar-refractivity contribution < 1.29 is 4.42 Å². The molecular weight excluding hydrogens is 418 g/mol. The number of aryl methyl sites for hydroxylation is 1. The Morgan fingerprint density at radius 3 is 2.26 bits per heavy atom. The third-order valence-electron chi connectivity index (χ3n) is 7.31. The van der Waals surface area contributed by atoms with Crippen LogP contribution in [0.25, 0.3) is 38.5 Å². The second-order valence-electron chi connectivity index (χ2n) is 9.21. The maximum Gasteiger partial charge on any atom is 0.222 e. The van der Waals surface area contributed by atoms with E-state index < -0.39 is 0 Å². The largest absolute Gasteiger partial charge is 0.438 e. The maximum atomic E-state index is 6.29. The first-order chi connectivity index (χ1) is 16.6. The number of para-hydroxylation sites is 3. The molecule has 4 heteroatoms. The maximum absolute atomic E-state index is 6.29. The Balaban J connectivity index is 1.55. The Morgan fingerprint density at radius 2 is 1.44 bits per heavy atom. The van der Waals surface area contributed by atoms with Gasteiger partial charge in [0.1, 0.15) is 17.4 Å². The van der Waals surface area contributed by atoms with Gasteiger partial charge in [0.05, 0.1) is 11.0 Å². The Labute approximate surface area is 198 Å². The van der Waals surface area contributed by atoms with Crippen LogP contribution in [0.2, 0.25) is 0 Å². The summed E-state index contributed by atoms with van der Waals surface area (Å²) in [5.41, 5.74) is 8.14. The van der Waals surface area contributed by atoms with Crippen LogP contribution in [0, 0.1) is 6.92 Å². The third kappa shape index (κ3) is 2.48. The number of anilines is 3. The fourth-order valence-electron chi connectivity index (χ4n) is 5.57. The molecule has 6 aromatic rings. The molecule has 3 heterocycles. The lowest BCUT2D eigenvalue weighted by molar-refractivity contribution is 0.589. The minimum absolute atomic E-state index is 0.143. The number of furan rings is 1. The molecule has 4 aromatic carbocycles. The molecule has 0 fully saturated rings. The predicted octanol–water partition coefficient (Wildman–Crippen LogP) is 7.77. The van der Waals surface area contributed by atoms with Gasteiger partial charge in [0.2, 0.25) is 5.88 Å². The number of nitrogens with zero attached hydrogens (tertiary/aromatic N) is 3. The molecule has 2 aromatic heterocycles. The molecule has 0 N–H and O–H groups in total.